The number of amides is 2. The third kappa shape index (κ3) is 7.32. The number of carbonyl (C=O) groups excluding carboxylic acids is 4. The average molecular weight is 809 g/mol. The minimum atomic E-state index is -0.834. The summed E-state index contributed by atoms with van der Waals surface area (Å²) in [6.07, 6.45) is 0.442. The number of thioether (sulfide) groups is 1. The summed E-state index contributed by atoms with van der Waals surface area (Å²) >= 11 is 1.48. The molecule has 0 spiro atoms. The van der Waals surface area contributed by atoms with Gasteiger partial charge < -0.3 is 45.2 Å². The van der Waals surface area contributed by atoms with Gasteiger partial charge in [-0.1, -0.05) is 19.9 Å². The average Bonchev–Trinajstić information content (AvgIpc) is 3.64. The summed E-state index contributed by atoms with van der Waals surface area (Å²) in [4.78, 5) is 55.1. The summed E-state index contributed by atoms with van der Waals surface area (Å²) in [6, 6.07) is -0.557. The molecule has 9 atom stereocenters. The van der Waals surface area contributed by atoms with Crippen molar-refractivity contribution in [1.82, 2.24) is 20.4 Å². The summed E-state index contributed by atoms with van der Waals surface area (Å²) in [5.41, 5.74) is 9.74. The van der Waals surface area contributed by atoms with Crippen molar-refractivity contribution in [2.24, 2.45) is 11.7 Å². The number of nitrogens with one attached hydrogen (secondary N) is 2. The zero-order valence-electron chi connectivity index (χ0n) is 33.7. The number of aromatic hydroxyl groups is 1. The quantitative estimate of drug-likeness (QED) is 0.130. The molecule has 5 N–H and O–H groups in total. The van der Waals surface area contributed by atoms with Gasteiger partial charge in [0.15, 0.2) is 23.0 Å². The third-order valence-corrected chi connectivity index (χ3v) is 13.0. The predicted octanol–water partition coefficient (Wildman–Crippen LogP) is 2.84. The van der Waals surface area contributed by atoms with Crippen molar-refractivity contribution in [3.05, 3.63) is 39.4 Å². The van der Waals surface area contributed by atoms with Crippen molar-refractivity contribution < 1.29 is 48.0 Å². The number of benzene rings is 2. The number of likely N-dealkylation sites (N-methyl/N-ethyl adjacent to an activating group) is 1. The maximum atomic E-state index is 13.7. The number of hydrogen-bond acceptors (Lipinski definition) is 15. The predicted molar refractivity (Wildman–Crippen MR) is 209 cm³/mol. The van der Waals surface area contributed by atoms with E-state index in [1.807, 2.05) is 40.8 Å². The Bertz CT molecular complexity index is 1990. The van der Waals surface area contributed by atoms with E-state index in [9.17, 15) is 29.5 Å². The molecular formula is C40H52N6O10S. The number of carbonyl (C=O) groups is 4. The van der Waals surface area contributed by atoms with Crippen LogP contribution in [0.4, 0.5) is 0 Å². The highest BCUT2D eigenvalue weighted by atomic mass is 32.2. The number of phenolic OH excluding ortho intramolecular Hbond substituents is 1. The maximum absolute atomic E-state index is 13.7. The van der Waals surface area contributed by atoms with Crippen molar-refractivity contribution in [1.29, 1.82) is 5.26 Å². The lowest BCUT2D eigenvalue weighted by atomic mass is 9.71. The summed E-state index contributed by atoms with van der Waals surface area (Å²) in [6.45, 7) is 12.1. The van der Waals surface area contributed by atoms with Gasteiger partial charge in [-0.05, 0) is 58.2 Å². The van der Waals surface area contributed by atoms with E-state index in [1.165, 1.54) is 25.8 Å². The Morgan fingerprint density at radius 2 is 1.81 bits per heavy atom. The number of nitriles is 1. The molecular weight excluding hydrogens is 757 g/mol. The van der Waals surface area contributed by atoms with Gasteiger partial charge in [-0.25, -0.2) is 0 Å². The zero-order chi connectivity index (χ0) is 41.6. The number of phenols is 1. The van der Waals surface area contributed by atoms with Crippen LogP contribution in [-0.4, -0.2) is 109 Å². The van der Waals surface area contributed by atoms with Gasteiger partial charge in [0.2, 0.25) is 18.6 Å². The first kappa shape index (κ1) is 41.9. The van der Waals surface area contributed by atoms with Gasteiger partial charge in [0.25, 0.3) is 6.47 Å². The van der Waals surface area contributed by atoms with Crippen LogP contribution in [0.15, 0.2) is 6.07 Å². The number of piperazine rings is 1. The Balaban J connectivity index is 1.55. The fourth-order valence-corrected chi connectivity index (χ4v) is 10.5. The lowest BCUT2D eigenvalue weighted by Crippen LogP contribution is -2.69. The molecule has 0 radical (unpaired) electrons. The Hall–Kier alpha value is -4.76. The fraction of sp³-hybridized carbons (Fsp3) is 0.575. The van der Waals surface area contributed by atoms with Crippen LogP contribution in [0.1, 0.15) is 85.3 Å². The fourth-order valence-electron chi connectivity index (χ4n) is 9.01. The second kappa shape index (κ2) is 16.6. The summed E-state index contributed by atoms with van der Waals surface area (Å²) in [7, 11) is 3.44. The molecule has 0 aromatic heterocycles. The molecule has 0 saturated carbocycles. The second-order valence-electron chi connectivity index (χ2n) is 15.6. The highest BCUT2D eigenvalue weighted by molar-refractivity contribution is 7.99. The molecule has 57 heavy (non-hydrogen) atoms. The number of hydrogen-bond donors (Lipinski definition) is 4. The number of nitrogens with two attached hydrogens (primary N) is 1. The van der Waals surface area contributed by atoms with Gasteiger partial charge in [-0.3, -0.25) is 29.0 Å². The zero-order valence-corrected chi connectivity index (χ0v) is 34.5. The Morgan fingerprint density at radius 1 is 1.11 bits per heavy atom. The molecule has 4 aliphatic rings. The minimum Gasteiger partial charge on any atom is -0.504 e. The molecule has 6 rings (SSSR count). The van der Waals surface area contributed by atoms with Crippen LogP contribution in [-0.2, 0) is 30.3 Å². The van der Waals surface area contributed by atoms with E-state index < -0.39 is 59.4 Å². The number of nitrogens with zero attached hydrogens (tertiary/aromatic N) is 3. The number of methoxy groups -OCH3 is 1. The van der Waals surface area contributed by atoms with Crippen molar-refractivity contribution in [3.8, 4) is 34.8 Å². The van der Waals surface area contributed by atoms with E-state index >= 15 is 0 Å². The second-order valence-corrected chi connectivity index (χ2v) is 16.8. The molecule has 4 heterocycles. The molecule has 16 nitrogen and oxygen atoms in total. The topological polar surface area (TPSA) is 215 Å². The Morgan fingerprint density at radius 3 is 2.42 bits per heavy atom. The molecule has 2 aromatic carbocycles. The molecule has 17 heteroatoms. The molecule has 2 bridgehead atoms. The highest BCUT2D eigenvalue weighted by Crippen LogP contribution is 2.63. The number of esters is 1. The molecule has 2 amide bonds. The van der Waals surface area contributed by atoms with Crippen LogP contribution in [0.25, 0.3) is 0 Å². The third-order valence-electron chi connectivity index (χ3n) is 11.4. The first-order chi connectivity index (χ1) is 27.1. The van der Waals surface area contributed by atoms with E-state index in [1.54, 1.807) is 13.8 Å². The highest BCUT2D eigenvalue weighted by Gasteiger charge is 2.60. The maximum Gasteiger partial charge on any atom is 0.308 e. The molecule has 0 aliphatic carbocycles. The molecule has 308 valence electrons. The van der Waals surface area contributed by atoms with E-state index in [2.05, 4.69) is 26.5 Å². The van der Waals surface area contributed by atoms with Gasteiger partial charge in [-0.2, -0.15) is 5.26 Å². The molecule has 3 unspecified atom stereocenters. The Kier molecular flexibility index (Phi) is 12.2. The standard InChI is InChI=1S/C40H52N6O10S/c1-17(2)30(44-39(50)21(6)42)40(51)43-19(4)14-57-38-29-28(37-36(54-16-55-37)20(5)35(29)56-22(7)48)26(13-53-15-47)46-25(12-41)24-11-23-10-18(3)34(52-9)33(49)27(23)31(32(38)46)45(24)8/h10,15,17,19,21,24-26,30-32,38,49H,11,13-14,16,42H2,1-9H3,(H,43,51)(H,44,50)/t19-,21?,24+,25+,26+,30?,31+,32?,38-/m1/s1. The van der Waals surface area contributed by atoms with Crippen molar-refractivity contribution >= 4 is 36.0 Å². The number of ether oxygens (including phenoxy) is 5. The van der Waals surface area contributed by atoms with Crippen molar-refractivity contribution in [3.63, 3.8) is 0 Å². The summed E-state index contributed by atoms with van der Waals surface area (Å²) in [5.74, 6) is 0.0553. The first-order valence-corrected chi connectivity index (χ1v) is 20.1. The SMILES string of the molecule is COc1c(C)cc2c(c1O)[C@H]1C3[C@H](SC[C@@H](C)NC(=O)C(NC(=O)C(C)N)C(C)C)c4c(OC(C)=O)c(C)c5c(c4[C@H](COC=O)N3[C@@H](C#N)[C@H](C2)N1C)OCO5. The van der Waals surface area contributed by atoms with Crippen LogP contribution in [0.2, 0.25) is 0 Å². The van der Waals surface area contributed by atoms with E-state index in [4.69, 9.17) is 29.4 Å². The number of rotatable bonds is 13. The molecule has 1 fully saturated rings. The monoisotopic (exact) mass is 808 g/mol. The van der Waals surface area contributed by atoms with E-state index in [-0.39, 0.29) is 42.8 Å². The molecule has 1 saturated heterocycles. The normalized spacial score (nSPS) is 24.8. The molecule has 2 aromatic rings. The van der Waals surface area contributed by atoms with Gasteiger partial charge in [0, 0.05) is 53.1 Å². The minimum absolute atomic E-state index is 0.00956. The van der Waals surface area contributed by atoms with Gasteiger partial charge in [0.05, 0.1) is 36.6 Å². The summed E-state index contributed by atoms with van der Waals surface area (Å²) in [5, 5.41) is 28.3. The van der Waals surface area contributed by atoms with Crippen LogP contribution in [0.5, 0.6) is 28.7 Å². The van der Waals surface area contributed by atoms with Gasteiger partial charge >= 0.3 is 5.97 Å². The largest absolute Gasteiger partial charge is 0.504 e. The number of aryl methyl sites for hydroxylation is 1. The first-order valence-electron chi connectivity index (χ1n) is 19.0. The van der Waals surface area contributed by atoms with Crippen molar-refractivity contribution in [2.75, 3.05) is 33.3 Å². The van der Waals surface area contributed by atoms with Crippen molar-refractivity contribution in [2.45, 2.75) is 108 Å². The Labute approximate surface area is 336 Å². The lowest BCUT2D eigenvalue weighted by Gasteiger charge is -2.61. The molecule has 4 aliphatic heterocycles. The summed E-state index contributed by atoms with van der Waals surface area (Å²) < 4.78 is 29.4. The van der Waals surface area contributed by atoms with Crippen LogP contribution >= 0.6 is 11.8 Å². The van der Waals surface area contributed by atoms with Crippen LogP contribution in [0, 0.1) is 31.1 Å². The van der Waals surface area contributed by atoms with Gasteiger partial charge in [0.1, 0.15) is 24.4 Å². The van der Waals surface area contributed by atoms with Gasteiger partial charge in [-0.15, -0.1) is 11.8 Å². The van der Waals surface area contributed by atoms with Crippen LogP contribution in [0.3, 0.4) is 0 Å². The van der Waals surface area contributed by atoms with E-state index in [0.29, 0.717) is 58.1 Å². The van der Waals surface area contributed by atoms with Crippen LogP contribution < -0.4 is 35.3 Å². The number of fused-ring (bicyclic) bond motifs is 9. The smallest absolute Gasteiger partial charge is 0.308 e. The van der Waals surface area contributed by atoms with E-state index in [0.717, 1.165) is 11.1 Å². The lowest BCUT2D eigenvalue weighted by molar-refractivity contribution is -0.134.